The Morgan fingerprint density at radius 3 is 2.47 bits per heavy atom. The summed E-state index contributed by atoms with van der Waals surface area (Å²) in [6, 6.07) is 7.81. The van der Waals surface area contributed by atoms with Gasteiger partial charge in [-0.15, -0.1) is 0 Å². The zero-order valence-electron chi connectivity index (χ0n) is 11.9. The van der Waals surface area contributed by atoms with Gasteiger partial charge in [-0.05, 0) is 50.1 Å². The molecule has 0 aliphatic heterocycles. The van der Waals surface area contributed by atoms with E-state index in [4.69, 9.17) is 9.47 Å². The molecular weight excluding hydrogens is 240 g/mol. The quantitative estimate of drug-likeness (QED) is 0.915. The molecule has 0 aromatic heterocycles. The topological polar surface area (TPSA) is 38.7 Å². The predicted octanol–water partition coefficient (Wildman–Crippen LogP) is 3.44. The number of aliphatic hydroxyl groups is 1. The van der Waals surface area contributed by atoms with Crippen molar-refractivity contribution < 1.29 is 14.6 Å². The van der Waals surface area contributed by atoms with E-state index in [9.17, 15) is 5.11 Å². The lowest BCUT2D eigenvalue weighted by molar-refractivity contribution is 0.243. The van der Waals surface area contributed by atoms with Crippen LogP contribution in [0, 0.1) is 6.92 Å². The average Bonchev–Trinajstić information content (AvgIpc) is 2.38. The van der Waals surface area contributed by atoms with Crippen LogP contribution in [0.2, 0.25) is 0 Å². The van der Waals surface area contributed by atoms with Gasteiger partial charge >= 0.3 is 0 Å². The van der Waals surface area contributed by atoms with Crippen LogP contribution in [0.25, 0.3) is 10.8 Å². The van der Waals surface area contributed by atoms with Crippen LogP contribution in [0.1, 0.15) is 25.0 Å². The van der Waals surface area contributed by atoms with Crippen LogP contribution in [-0.2, 0) is 6.61 Å². The summed E-state index contributed by atoms with van der Waals surface area (Å²) in [6.45, 7) is 6.02. The molecule has 0 saturated heterocycles. The molecule has 0 fully saturated rings. The molecule has 0 spiro atoms. The first-order valence-electron chi connectivity index (χ1n) is 6.44. The van der Waals surface area contributed by atoms with Crippen molar-refractivity contribution in [2.75, 3.05) is 7.11 Å². The molecule has 0 amide bonds. The largest absolute Gasteiger partial charge is 0.496 e. The van der Waals surface area contributed by atoms with Gasteiger partial charge in [0.1, 0.15) is 11.5 Å². The summed E-state index contributed by atoms with van der Waals surface area (Å²) in [4.78, 5) is 0. The van der Waals surface area contributed by atoms with Crippen LogP contribution in [0.5, 0.6) is 11.5 Å². The molecule has 3 heteroatoms. The maximum Gasteiger partial charge on any atom is 0.128 e. The molecule has 0 unspecified atom stereocenters. The van der Waals surface area contributed by atoms with Crippen molar-refractivity contribution in [2.45, 2.75) is 33.5 Å². The maximum atomic E-state index is 9.39. The van der Waals surface area contributed by atoms with E-state index in [-0.39, 0.29) is 12.7 Å². The molecule has 0 aliphatic carbocycles. The first kappa shape index (κ1) is 13.7. The Morgan fingerprint density at radius 2 is 1.89 bits per heavy atom. The molecule has 3 nitrogen and oxygen atoms in total. The molecular formula is C16H20O3. The maximum absolute atomic E-state index is 9.39. The molecule has 0 radical (unpaired) electrons. The fraction of sp³-hybridized carbons (Fsp3) is 0.375. The number of methoxy groups -OCH3 is 1. The van der Waals surface area contributed by atoms with Crippen LogP contribution in [0.4, 0.5) is 0 Å². The molecule has 2 rings (SSSR count). The average molecular weight is 260 g/mol. The molecule has 19 heavy (non-hydrogen) atoms. The van der Waals surface area contributed by atoms with Crippen molar-refractivity contribution in [1.82, 2.24) is 0 Å². The van der Waals surface area contributed by atoms with Crippen molar-refractivity contribution in [3.63, 3.8) is 0 Å². The molecule has 102 valence electrons. The molecule has 0 heterocycles. The van der Waals surface area contributed by atoms with Gasteiger partial charge < -0.3 is 14.6 Å². The van der Waals surface area contributed by atoms with Crippen molar-refractivity contribution in [2.24, 2.45) is 0 Å². The first-order chi connectivity index (χ1) is 9.06. The summed E-state index contributed by atoms with van der Waals surface area (Å²) in [5, 5.41) is 11.4. The lowest BCUT2D eigenvalue weighted by Gasteiger charge is -2.17. The third-order valence-electron chi connectivity index (χ3n) is 3.07. The van der Waals surface area contributed by atoms with Gasteiger partial charge in [-0.25, -0.2) is 0 Å². The SMILES string of the molecule is COc1ccc(C)c2c(OC(C)C)cc(CO)cc12. The van der Waals surface area contributed by atoms with Gasteiger partial charge in [0.15, 0.2) is 0 Å². The minimum Gasteiger partial charge on any atom is -0.496 e. The summed E-state index contributed by atoms with van der Waals surface area (Å²) in [5.41, 5.74) is 1.96. The van der Waals surface area contributed by atoms with E-state index in [1.807, 2.05) is 45.0 Å². The third kappa shape index (κ3) is 2.66. The fourth-order valence-corrected chi connectivity index (χ4v) is 2.26. The number of ether oxygens (including phenoxy) is 2. The zero-order valence-corrected chi connectivity index (χ0v) is 11.9. The van der Waals surface area contributed by atoms with E-state index in [1.54, 1.807) is 7.11 Å². The molecule has 1 N–H and O–H groups in total. The van der Waals surface area contributed by atoms with E-state index >= 15 is 0 Å². The molecule has 2 aromatic rings. The Balaban J connectivity index is 2.77. The lowest BCUT2D eigenvalue weighted by atomic mass is 10.0. The first-order valence-corrected chi connectivity index (χ1v) is 6.44. The van der Waals surface area contributed by atoms with Crippen molar-refractivity contribution in [3.8, 4) is 11.5 Å². The van der Waals surface area contributed by atoms with Crippen molar-refractivity contribution >= 4 is 10.8 Å². The van der Waals surface area contributed by atoms with Gasteiger partial charge in [0.25, 0.3) is 0 Å². The summed E-state index contributed by atoms with van der Waals surface area (Å²) in [6.07, 6.45) is 0.0859. The van der Waals surface area contributed by atoms with Gasteiger partial charge in [0.2, 0.25) is 0 Å². The lowest BCUT2D eigenvalue weighted by Crippen LogP contribution is -2.07. The monoisotopic (exact) mass is 260 g/mol. The number of fused-ring (bicyclic) bond motifs is 1. The van der Waals surface area contributed by atoms with Crippen LogP contribution >= 0.6 is 0 Å². The van der Waals surface area contributed by atoms with Crippen LogP contribution in [0.3, 0.4) is 0 Å². The Morgan fingerprint density at radius 1 is 1.16 bits per heavy atom. The second kappa shape index (κ2) is 5.49. The van der Waals surface area contributed by atoms with E-state index in [0.717, 1.165) is 33.4 Å². The standard InChI is InChI=1S/C16H20O3/c1-10(2)19-15-8-12(9-17)7-13-14(18-4)6-5-11(3)16(13)15/h5-8,10,17H,9H2,1-4H3. The predicted molar refractivity (Wildman–Crippen MR) is 76.9 cm³/mol. The van der Waals surface area contributed by atoms with Gasteiger partial charge in [-0.2, -0.15) is 0 Å². The summed E-state index contributed by atoms with van der Waals surface area (Å²) in [5.74, 6) is 1.59. The highest BCUT2D eigenvalue weighted by Crippen LogP contribution is 2.36. The number of hydrogen-bond donors (Lipinski definition) is 1. The Kier molecular flexibility index (Phi) is 3.96. The number of hydrogen-bond acceptors (Lipinski definition) is 3. The highest BCUT2D eigenvalue weighted by Gasteiger charge is 2.12. The Labute approximate surface area is 113 Å². The van der Waals surface area contributed by atoms with E-state index in [2.05, 4.69) is 0 Å². The number of aliphatic hydroxyl groups excluding tert-OH is 1. The fourth-order valence-electron chi connectivity index (χ4n) is 2.26. The number of aryl methyl sites for hydroxylation is 1. The second-order valence-electron chi connectivity index (χ2n) is 4.93. The van der Waals surface area contributed by atoms with Gasteiger partial charge in [-0.1, -0.05) is 6.07 Å². The van der Waals surface area contributed by atoms with Gasteiger partial charge in [0, 0.05) is 10.8 Å². The van der Waals surface area contributed by atoms with E-state index < -0.39 is 0 Å². The highest BCUT2D eigenvalue weighted by atomic mass is 16.5. The summed E-state index contributed by atoms with van der Waals surface area (Å²) >= 11 is 0. The van der Waals surface area contributed by atoms with Crippen molar-refractivity contribution in [3.05, 3.63) is 35.4 Å². The molecule has 0 atom stereocenters. The smallest absolute Gasteiger partial charge is 0.128 e. The van der Waals surface area contributed by atoms with Gasteiger partial charge in [-0.3, -0.25) is 0 Å². The zero-order chi connectivity index (χ0) is 14.0. The Bertz CT molecular complexity index is 588. The minimum atomic E-state index is -0.0124. The summed E-state index contributed by atoms with van der Waals surface area (Å²) < 4.78 is 11.3. The van der Waals surface area contributed by atoms with Crippen LogP contribution in [0.15, 0.2) is 24.3 Å². The number of benzene rings is 2. The molecule has 0 aliphatic rings. The highest BCUT2D eigenvalue weighted by molar-refractivity contribution is 5.96. The molecule has 2 aromatic carbocycles. The minimum absolute atomic E-state index is 0.0124. The van der Waals surface area contributed by atoms with Crippen LogP contribution < -0.4 is 9.47 Å². The van der Waals surface area contributed by atoms with Gasteiger partial charge in [0.05, 0.1) is 19.8 Å². The number of rotatable bonds is 4. The second-order valence-corrected chi connectivity index (χ2v) is 4.93. The third-order valence-corrected chi connectivity index (χ3v) is 3.07. The Hall–Kier alpha value is -1.74. The molecule has 0 bridgehead atoms. The normalized spacial score (nSPS) is 11.1. The van der Waals surface area contributed by atoms with E-state index in [1.165, 1.54) is 0 Å². The van der Waals surface area contributed by atoms with Crippen molar-refractivity contribution in [1.29, 1.82) is 0 Å². The van der Waals surface area contributed by atoms with E-state index in [0.29, 0.717) is 0 Å². The molecule has 0 saturated carbocycles. The van der Waals surface area contributed by atoms with Crippen LogP contribution in [-0.4, -0.2) is 18.3 Å². The summed E-state index contributed by atoms with van der Waals surface area (Å²) in [7, 11) is 1.65.